The van der Waals surface area contributed by atoms with Crippen LogP contribution in [0.3, 0.4) is 0 Å². The van der Waals surface area contributed by atoms with Crippen molar-refractivity contribution in [1.29, 1.82) is 0 Å². The molecule has 1 aliphatic heterocycles. The van der Waals surface area contributed by atoms with E-state index in [1.807, 2.05) is 0 Å². The predicted molar refractivity (Wildman–Crippen MR) is 76.3 cm³/mol. The van der Waals surface area contributed by atoms with Crippen LogP contribution in [0.5, 0.6) is 0 Å². The first-order chi connectivity index (χ1) is 9.22. The molecule has 3 nitrogen and oxygen atoms in total. The maximum atomic E-state index is 13.3. The second kappa shape index (κ2) is 6.98. The van der Waals surface area contributed by atoms with Crippen LogP contribution in [-0.4, -0.2) is 42.5 Å². The molecule has 106 valence electrons. The van der Waals surface area contributed by atoms with E-state index in [-0.39, 0.29) is 5.82 Å². The summed E-state index contributed by atoms with van der Waals surface area (Å²) >= 11 is 0. The smallest absolute Gasteiger partial charge is 0.123 e. The van der Waals surface area contributed by atoms with Crippen LogP contribution in [0, 0.1) is 5.82 Å². The Hall–Kier alpha value is -0.970. The van der Waals surface area contributed by atoms with E-state index in [0.717, 1.165) is 43.9 Å². The zero-order valence-corrected chi connectivity index (χ0v) is 11.7. The summed E-state index contributed by atoms with van der Waals surface area (Å²) in [5, 5.41) is 0. The van der Waals surface area contributed by atoms with Gasteiger partial charge in [0.15, 0.2) is 0 Å². The maximum absolute atomic E-state index is 13.3. The molecule has 0 spiro atoms. The summed E-state index contributed by atoms with van der Waals surface area (Å²) in [5.41, 5.74) is 7.81. The van der Waals surface area contributed by atoms with E-state index in [4.69, 9.17) is 5.73 Å². The molecule has 2 N–H and O–H groups in total. The highest BCUT2D eigenvalue weighted by Crippen LogP contribution is 2.15. The fourth-order valence-corrected chi connectivity index (χ4v) is 2.67. The van der Waals surface area contributed by atoms with Crippen molar-refractivity contribution in [1.82, 2.24) is 9.80 Å². The SMILES string of the molecule is CCCN1CCN(Cc2cc(F)ccc2CN)CC1. The monoisotopic (exact) mass is 265 g/mol. The first-order valence-corrected chi connectivity index (χ1v) is 7.15. The summed E-state index contributed by atoms with van der Waals surface area (Å²) in [7, 11) is 0. The molecule has 0 aliphatic carbocycles. The normalized spacial score (nSPS) is 17.8. The molecule has 1 aliphatic rings. The molecule has 0 atom stereocenters. The van der Waals surface area contributed by atoms with Crippen LogP contribution in [-0.2, 0) is 13.1 Å². The predicted octanol–water partition coefficient (Wildman–Crippen LogP) is 1.81. The molecule has 0 saturated carbocycles. The summed E-state index contributed by atoms with van der Waals surface area (Å²) in [6.07, 6.45) is 1.21. The van der Waals surface area contributed by atoms with Crippen LogP contribution in [0.25, 0.3) is 0 Å². The largest absolute Gasteiger partial charge is 0.326 e. The second-order valence-corrected chi connectivity index (χ2v) is 5.23. The van der Waals surface area contributed by atoms with E-state index < -0.39 is 0 Å². The first-order valence-electron chi connectivity index (χ1n) is 7.15. The molecule has 0 bridgehead atoms. The van der Waals surface area contributed by atoms with Gasteiger partial charge in [0.1, 0.15) is 5.82 Å². The standard InChI is InChI=1S/C15H24FN3/c1-2-5-18-6-8-19(9-7-18)12-14-10-15(16)4-3-13(14)11-17/h3-4,10H,2,5-9,11-12,17H2,1H3. The van der Waals surface area contributed by atoms with E-state index >= 15 is 0 Å². The maximum Gasteiger partial charge on any atom is 0.123 e. The van der Waals surface area contributed by atoms with Crippen molar-refractivity contribution < 1.29 is 4.39 Å². The fraction of sp³-hybridized carbons (Fsp3) is 0.600. The van der Waals surface area contributed by atoms with Gasteiger partial charge in [0.2, 0.25) is 0 Å². The lowest BCUT2D eigenvalue weighted by molar-refractivity contribution is 0.127. The Morgan fingerprint density at radius 2 is 1.79 bits per heavy atom. The summed E-state index contributed by atoms with van der Waals surface area (Å²) in [6, 6.07) is 4.92. The molecule has 1 fully saturated rings. The molecular formula is C15H24FN3. The van der Waals surface area contributed by atoms with Gasteiger partial charge in [-0.1, -0.05) is 13.0 Å². The van der Waals surface area contributed by atoms with Crippen molar-refractivity contribution in [3.8, 4) is 0 Å². The Kier molecular flexibility index (Phi) is 5.31. The average Bonchev–Trinajstić information content (AvgIpc) is 2.42. The van der Waals surface area contributed by atoms with Crippen molar-refractivity contribution in [2.24, 2.45) is 5.73 Å². The average molecular weight is 265 g/mol. The number of benzene rings is 1. The van der Waals surface area contributed by atoms with Crippen LogP contribution < -0.4 is 5.73 Å². The lowest BCUT2D eigenvalue weighted by atomic mass is 10.1. The second-order valence-electron chi connectivity index (χ2n) is 5.23. The lowest BCUT2D eigenvalue weighted by Crippen LogP contribution is -2.46. The quantitative estimate of drug-likeness (QED) is 0.881. The van der Waals surface area contributed by atoms with Gasteiger partial charge in [-0.15, -0.1) is 0 Å². The van der Waals surface area contributed by atoms with E-state index in [2.05, 4.69) is 16.7 Å². The van der Waals surface area contributed by atoms with Gasteiger partial charge in [0.05, 0.1) is 0 Å². The number of hydrogen-bond acceptors (Lipinski definition) is 3. The van der Waals surface area contributed by atoms with E-state index in [1.54, 1.807) is 12.1 Å². The molecular weight excluding hydrogens is 241 g/mol. The lowest BCUT2D eigenvalue weighted by Gasteiger charge is -2.34. The molecule has 0 unspecified atom stereocenters. The van der Waals surface area contributed by atoms with Gasteiger partial charge < -0.3 is 10.6 Å². The van der Waals surface area contributed by atoms with Crippen LogP contribution in [0.1, 0.15) is 24.5 Å². The van der Waals surface area contributed by atoms with Gasteiger partial charge in [0, 0.05) is 39.3 Å². The van der Waals surface area contributed by atoms with Gasteiger partial charge in [-0.05, 0) is 36.2 Å². The molecule has 19 heavy (non-hydrogen) atoms. The first kappa shape index (κ1) is 14.4. The molecule has 1 heterocycles. The minimum Gasteiger partial charge on any atom is -0.326 e. The molecule has 0 radical (unpaired) electrons. The molecule has 1 aromatic carbocycles. The summed E-state index contributed by atoms with van der Waals surface area (Å²) in [4.78, 5) is 4.88. The van der Waals surface area contributed by atoms with Crippen molar-refractivity contribution >= 4 is 0 Å². The molecule has 4 heteroatoms. The minimum absolute atomic E-state index is 0.170. The van der Waals surface area contributed by atoms with Crippen molar-refractivity contribution in [3.63, 3.8) is 0 Å². The van der Waals surface area contributed by atoms with E-state index in [0.29, 0.717) is 6.54 Å². The Labute approximate surface area is 115 Å². The van der Waals surface area contributed by atoms with Crippen LogP contribution in [0.2, 0.25) is 0 Å². The van der Waals surface area contributed by atoms with E-state index in [1.165, 1.54) is 19.0 Å². The number of piperazine rings is 1. The van der Waals surface area contributed by atoms with Gasteiger partial charge in [-0.25, -0.2) is 4.39 Å². The molecule has 0 amide bonds. The highest BCUT2D eigenvalue weighted by atomic mass is 19.1. The number of rotatable bonds is 5. The Balaban J connectivity index is 1.93. The highest BCUT2D eigenvalue weighted by molar-refractivity contribution is 5.27. The number of hydrogen-bond donors (Lipinski definition) is 1. The van der Waals surface area contributed by atoms with Crippen LogP contribution in [0.15, 0.2) is 18.2 Å². The van der Waals surface area contributed by atoms with Gasteiger partial charge in [-0.2, -0.15) is 0 Å². The van der Waals surface area contributed by atoms with Crippen molar-refractivity contribution in [2.45, 2.75) is 26.4 Å². The van der Waals surface area contributed by atoms with Gasteiger partial charge >= 0.3 is 0 Å². The van der Waals surface area contributed by atoms with E-state index in [9.17, 15) is 4.39 Å². The Bertz CT molecular complexity index is 400. The van der Waals surface area contributed by atoms with Crippen molar-refractivity contribution in [3.05, 3.63) is 35.1 Å². The Morgan fingerprint density at radius 1 is 1.11 bits per heavy atom. The third kappa shape index (κ3) is 4.00. The van der Waals surface area contributed by atoms with Gasteiger partial charge in [-0.3, -0.25) is 4.90 Å². The zero-order valence-electron chi connectivity index (χ0n) is 11.7. The summed E-state index contributed by atoms with van der Waals surface area (Å²) < 4.78 is 13.3. The third-order valence-corrected chi connectivity index (χ3v) is 3.79. The highest BCUT2D eigenvalue weighted by Gasteiger charge is 2.17. The number of nitrogens with two attached hydrogens (primary N) is 1. The molecule has 1 saturated heterocycles. The summed E-state index contributed by atoms with van der Waals surface area (Å²) in [5.74, 6) is -0.170. The van der Waals surface area contributed by atoms with Crippen molar-refractivity contribution in [2.75, 3.05) is 32.7 Å². The molecule has 1 aromatic rings. The number of halogens is 1. The van der Waals surface area contributed by atoms with Gasteiger partial charge in [0.25, 0.3) is 0 Å². The molecule has 0 aromatic heterocycles. The van der Waals surface area contributed by atoms with Crippen LogP contribution in [0.4, 0.5) is 4.39 Å². The fourth-order valence-electron chi connectivity index (χ4n) is 2.67. The Morgan fingerprint density at radius 3 is 2.42 bits per heavy atom. The minimum atomic E-state index is -0.170. The zero-order chi connectivity index (χ0) is 13.7. The number of nitrogens with zero attached hydrogens (tertiary/aromatic N) is 2. The summed E-state index contributed by atoms with van der Waals surface area (Å²) in [6.45, 7) is 9.02. The third-order valence-electron chi connectivity index (χ3n) is 3.79. The topological polar surface area (TPSA) is 32.5 Å². The molecule has 2 rings (SSSR count). The van der Waals surface area contributed by atoms with Crippen LogP contribution >= 0.6 is 0 Å².